The van der Waals surface area contributed by atoms with Crippen LogP contribution in [0, 0.1) is 0 Å². The van der Waals surface area contributed by atoms with Gasteiger partial charge in [0.1, 0.15) is 5.54 Å². The Morgan fingerprint density at radius 2 is 1.45 bits per heavy atom. The molecule has 2 saturated heterocycles. The minimum atomic E-state index is -0.724. The zero-order valence-electron chi connectivity index (χ0n) is 18.2. The molecule has 6 heteroatoms. The molecule has 0 atom stereocenters. The lowest BCUT2D eigenvalue weighted by Gasteiger charge is -2.42. The molecule has 2 fully saturated rings. The number of likely N-dealkylation sites (tertiary alicyclic amines) is 1. The second kappa shape index (κ2) is 9.88. The van der Waals surface area contributed by atoms with Crippen LogP contribution in [-0.2, 0) is 17.9 Å². The summed E-state index contributed by atoms with van der Waals surface area (Å²) in [6.45, 7) is 3.59. The number of thioether (sulfide) groups is 1. The first kappa shape index (κ1) is 21.9. The van der Waals surface area contributed by atoms with E-state index in [1.54, 1.807) is 0 Å². The number of amides is 3. The molecule has 0 bridgehead atoms. The molecule has 4 rings (SSSR count). The molecule has 2 aliphatic rings. The van der Waals surface area contributed by atoms with E-state index in [2.05, 4.69) is 11.2 Å². The van der Waals surface area contributed by atoms with Gasteiger partial charge >= 0.3 is 6.03 Å². The topological polar surface area (TPSA) is 43.9 Å². The van der Waals surface area contributed by atoms with Crippen LogP contribution in [0.3, 0.4) is 0 Å². The zero-order valence-corrected chi connectivity index (χ0v) is 19.0. The summed E-state index contributed by atoms with van der Waals surface area (Å²) in [4.78, 5) is 33.0. The van der Waals surface area contributed by atoms with Gasteiger partial charge in [-0.1, -0.05) is 60.7 Å². The zero-order chi connectivity index (χ0) is 21.7. The van der Waals surface area contributed by atoms with E-state index in [4.69, 9.17) is 0 Å². The fourth-order valence-corrected chi connectivity index (χ4v) is 5.15. The van der Waals surface area contributed by atoms with Gasteiger partial charge < -0.3 is 9.80 Å². The lowest BCUT2D eigenvalue weighted by molar-refractivity contribution is -0.136. The summed E-state index contributed by atoms with van der Waals surface area (Å²) >= 11 is 1.87. The molecular weight excluding hydrogens is 406 g/mol. The van der Waals surface area contributed by atoms with Crippen LogP contribution in [-0.4, -0.2) is 63.8 Å². The quantitative estimate of drug-likeness (QED) is 0.458. The Labute approximate surface area is 189 Å². The van der Waals surface area contributed by atoms with Crippen LogP contribution in [0.5, 0.6) is 0 Å². The average Bonchev–Trinajstić information content (AvgIpc) is 2.99. The van der Waals surface area contributed by atoms with E-state index >= 15 is 0 Å². The van der Waals surface area contributed by atoms with Gasteiger partial charge in [0.2, 0.25) is 0 Å². The van der Waals surface area contributed by atoms with E-state index in [1.807, 2.05) is 77.3 Å². The fraction of sp³-hybridized carbons (Fsp3) is 0.440. The van der Waals surface area contributed by atoms with E-state index in [0.29, 0.717) is 25.9 Å². The third kappa shape index (κ3) is 4.65. The molecule has 2 heterocycles. The molecule has 164 valence electrons. The standard InChI is InChI=1S/C25H31N3O2S/c1-31-18-8-15-26-16-13-25(14-17-26)23(29)27(19-21-9-4-2-5-10-21)24(30)28(25)20-22-11-6-3-7-12-22/h2-7,9-12H,8,13-20H2,1H3. The predicted octanol–water partition coefficient (Wildman–Crippen LogP) is 4.24. The highest BCUT2D eigenvalue weighted by molar-refractivity contribution is 7.98. The van der Waals surface area contributed by atoms with E-state index in [-0.39, 0.29) is 11.9 Å². The summed E-state index contributed by atoms with van der Waals surface area (Å²) in [5, 5.41) is 0. The average molecular weight is 438 g/mol. The summed E-state index contributed by atoms with van der Waals surface area (Å²) in [5.74, 6) is 1.13. The molecule has 0 unspecified atom stereocenters. The third-order valence-corrected chi connectivity index (χ3v) is 7.19. The van der Waals surface area contributed by atoms with Gasteiger partial charge in [0.15, 0.2) is 0 Å². The van der Waals surface area contributed by atoms with E-state index in [9.17, 15) is 9.59 Å². The minimum absolute atomic E-state index is 0.0268. The van der Waals surface area contributed by atoms with Crippen molar-refractivity contribution in [1.29, 1.82) is 0 Å². The lowest BCUT2D eigenvalue weighted by Crippen LogP contribution is -2.56. The number of benzene rings is 2. The molecule has 0 aromatic heterocycles. The molecule has 5 nitrogen and oxygen atoms in total. The number of carbonyl (C=O) groups is 2. The smallest absolute Gasteiger partial charge is 0.305 e. The first-order valence-corrected chi connectivity index (χ1v) is 12.5. The van der Waals surface area contributed by atoms with Gasteiger partial charge in [0, 0.05) is 19.6 Å². The number of hydrogen-bond acceptors (Lipinski definition) is 4. The van der Waals surface area contributed by atoms with Crippen molar-refractivity contribution in [2.75, 3.05) is 31.6 Å². The molecule has 31 heavy (non-hydrogen) atoms. The van der Waals surface area contributed by atoms with Crippen LogP contribution >= 0.6 is 11.8 Å². The van der Waals surface area contributed by atoms with Gasteiger partial charge in [-0.3, -0.25) is 9.69 Å². The Balaban J connectivity index is 1.56. The predicted molar refractivity (Wildman–Crippen MR) is 126 cm³/mol. The number of nitrogens with zero attached hydrogens (tertiary/aromatic N) is 3. The van der Waals surface area contributed by atoms with E-state index < -0.39 is 5.54 Å². The maximum atomic E-state index is 13.7. The van der Waals surface area contributed by atoms with E-state index in [0.717, 1.165) is 42.9 Å². The summed E-state index contributed by atoms with van der Waals surface area (Å²) in [5.41, 5.74) is 1.32. The first-order valence-electron chi connectivity index (χ1n) is 11.1. The third-order valence-electron chi connectivity index (χ3n) is 6.49. The summed E-state index contributed by atoms with van der Waals surface area (Å²) < 4.78 is 0. The number of piperidine rings is 1. The first-order chi connectivity index (χ1) is 15.1. The molecular formula is C25H31N3O2S. The molecule has 1 spiro atoms. The molecule has 0 radical (unpaired) electrons. The van der Waals surface area contributed by atoms with E-state index in [1.165, 1.54) is 4.90 Å². The minimum Gasteiger partial charge on any atom is -0.305 e. The molecule has 0 saturated carbocycles. The molecule has 2 aromatic carbocycles. The van der Waals surface area contributed by atoms with Crippen LogP contribution in [0.2, 0.25) is 0 Å². The maximum absolute atomic E-state index is 13.7. The van der Waals surface area contributed by atoms with Crippen LogP contribution in [0.15, 0.2) is 60.7 Å². The SMILES string of the molecule is CSCCCN1CCC2(CC1)C(=O)N(Cc1ccccc1)C(=O)N2Cc1ccccc1. The van der Waals surface area contributed by atoms with Crippen LogP contribution in [0.1, 0.15) is 30.4 Å². The van der Waals surface area contributed by atoms with Gasteiger partial charge in [-0.25, -0.2) is 4.79 Å². The lowest BCUT2D eigenvalue weighted by atomic mass is 9.85. The van der Waals surface area contributed by atoms with Crippen molar-refractivity contribution in [1.82, 2.24) is 14.7 Å². The molecule has 0 aliphatic carbocycles. The highest BCUT2D eigenvalue weighted by Gasteiger charge is 2.57. The Bertz CT molecular complexity index is 882. The van der Waals surface area contributed by atoms with Crippen molar-refractivity contribution in [2.45, 2.75) is 37.9 Å². The highest BCUT2D eigenvalue weighted by Crippen LogP contribution is 2.39. The molecule has 0 N–H and O–H groups in total. The van der Waals surface area contributed by atoms with Crippen molar-refractivity contribution in [3.8, 4) is 0 Å². The number of urea groups is 1. The maximum Gasteiger partial charge on any atom is 0.328 e. The second-order valence-electron chi connectivity index (χ2n) is 8.45. The van der Waals surface area contributed by atoms with Crippen molar-refractivity contribution in [2.24, 2.45) is 0 Å². The van der Waals surface area contributed by atoms with Crippen LogP contribution in [0.25, 0.3) is 0 Å². The summed E-state index contributed by atoms with van der Waals surface area (Å²) in [7, 11) is 0. The number of hydrogen-bond donors (Lipinski definition) is 0. The number of carbonyl (C=O) groups excluding carboxylic acids is 2. The largest absolute Gasteiger partial charge is 0.328 e. The van der Waals surface area contributed by atoms with Crippen LogP contribution < -0.4 is 0 Å². The van der Waals surface area contributed by atoms with Crippen molar-refractivity contribution in [3.05, 3.63) is 71.8 Å². The molecule has 3 amide bonds. The Morgan fingerprint density at radius 1 is 0.871 bits per heavy atom. The number of imide groups is 1. The van der Waals surface area contributed by atoms with Crippen LogP contribution in [0.4, 0.5) is 4.79 Å². The second-order valence-corrected chi connectivity index (χ2v) is 9.44. The monoisotopic (exact) mass is 437 g/mol. The van der Waals surface area contributed by atoms with Crippen molar-refractivity contribution >= 4 is 23.7 Å². The van der Waals surface area contributed by atoms with Crippen molar-refractivity contribution < 1.29 is 9.59 Å². The van der Waals surface area contributed by atoms with Crippen molar-refractivity contribution in [3.63, 3.8) is 0 Å². The molecule has 2 aliphatic heterocycles. The van der Waals surface area contributed by atoms with Gasteiger partial charge in [-0.05, 0) is 48.9 Å². The Hall–Kier alpha value is -2.31. The molecule has 2 aromatic rings. The normalized spacial score (nSPS) is 18.9. The summed E-state index contributed by atoms with van der Waals surface area (Å²) in [6, 6.07) is 19.7. The highest BCUT2D eigenvalue weighted by atomic mass is 32.2. The Kier molecular flexibility index (Phi) is 6.98. The van der Waals surface area contributed by atoms with Gasteiger partial charge in [-0.2, -0.15) is 11.8 Å². The van der Waals surface area contributed by atoms with Gasteiger partial charge in [0.05, 0.1) is 6.54 Å². The number of rotatable bonds is 8. The van der Waals surface area contributed by atoms with Gasteiger partial charge in [0.25, 0.3) is 5.91 Å². The fourth-order valence-electron chi connectivity index (χ4n) is 4.74. The van der Waals surface area contributed by atoms with Gasteiger partial charge in [-0.15, -0.1) is 0 Å². The Morgan fingerprint density at radius 3 is 2.03 bits per heavy atom. The summed E-state index contributed by atoms with van der Waals surface area (Å²) in [6.07, 6.45) is 4.70.